The molecule has 1 aromatic carbocycles. The van der Waals surface area contributed by atoms with Crippen LogP contribution in [0.3, 0.4) is 0 Å². The molecule has 0 aliphatic carbocycles. The second kappa shape index (κ2) is 5.68. The molecule has 1 aromatic heterocycles. The van der Waals surface area contributed by atoms with Crippen molar-refractivity contribution in [2.45, 2.75) is 19.0 Å². The number of nitrogens with zero attached hydrogens (tertiary/aromatic N) is 3. The summed E-state index contributed by atoms with van der Waals surface area (Å²) in [6.45, 7) is 4.08. The number of nitrogens with two attached hydrogens (primary N) is 1. The summed E-state index contributed by atoms with van der Waals surface area (Å²) in [7, 11) is 0. The molecule has 2 rings (SSSR count). The zero-order chi connectivity index (χ0) is 13.0. The van der Waals surface area contributed by atoms with Crippen molar-refractivity contribution in [2.75, 3.05) is 16.8 Å². The maximum absolute atomic E-state index is 5.65. The SMILES string of the molecule is CCSc1nc(N)nc(Nc2ccc(C)cc2)n1. The van der Waals surface area contributed by atoms with Crippen molar-refractivity contribution in [3.63, 3.8) is 0 Å². The number of aryl methyl sites for hydroxylation is 1. The molecule has 0 fully saturated rings. The highest BCUT2D eigenvalue weighted by molar-refractivity contribution is 7.99. The maximum Gasteiger partial charge on any atom is 0.233 e. The van der Waals surface area contributed by atoms with Crippen LogP contribution in [-0.4, -0.2) is 20.7 Å². The predicted octanol–water partition coefficient (Wildman–Crippen LogP) is 2.62. The van der Waals surface area contributed by atoms with Crippen molar-refractivity contribution in [2.24, 2.45) is 0 Å². The number of benzene rings is 1. The van der Waals surface area contributed by atoms with Gasteiger partial charge in [-0.05, 0) is 24.8 Å². The molecule has 0 spiro atoms. The van der Waals surface area contributed by atoms with Gasteiger partial charge in [-0.25, -0.2) is 0 Å². The van der Waals surface area contributed by atoms with E-state index >= 15 is 0 Å². The molecule has 94 valence electrons. The largest absolute Gasteiger partial charge is 0.368 e. The number of hydrogen-bond acceptors (Lipinski definition) is 6. The van der Waals surface area contributed by atoms with E-state index in [1.165, 1.54) is 17.3 Å². The zero-order valence-corrected chi connectivity index (χ0v) is 11.2. The van der Waals surface area contributed by atoms with Gasteiger partial charge in [-0.1, -0.05) is 36.4 Å². The van der Waals surface area contributed by atoms with Gasteiger partial charge >= 0.3 is 0 Å². The van der Waals surface area contributed by atoms with E-state index in [4.69, 9.17) is 5.73 Å². The number of thioether (sulfide) groups is 1. The molecular formula is C12H15N5S. The lowest BCUT2D eigenvalue weighted by Crippen LogP contribution is -2.04. The lowest BCUT2D eigenvalue weighted by atomic mass is 10.2. The van der Waals surface area contributed by atoms with Gasteiger partial charge in [0.15, 0.2) is 5.16 Å². The van der Waals surface area contributed by atoms with Gasteiger partial charge in [-0.2, -0.15) is 15.0 Å². The van der Waals surface area contributed by atoms with E-state index in [9.17, 15) is 0 Å². The van der Waals surface area contributed by atoms with Gasteiger partial charge in [0.1, 0.15) is 0 Å². The first-order valence-corrected chi connectivity index (χ1v) is 6.64. The van der Waals surface area contributed by atoms with E-state index in [-0.39, 0.29) is 5.95 Å². The Hall–Kier alpha value is -1.82. The number of rotatable bonds is 4. The van der Waals surface area contributed by atoms with Gasteiger partial charge in [0.05, 0.1) is 0 Å². The lowest BCUT2D eigenvalue weighted by Gasteiger charge is -2.06. The Bertz CT molecular complexity index is 526. The van der Waals surface area contributed by atoms with Crippen LogP contribution < -0.4 is 11.1 Å². The van der Waals surface area contributed by atoms with Gasteiger partial charge in [0, 0.05) is 5.69 Å². The first-order valence-electron chi connectivity index (χ1n) is 5.65. The van der Waals surface area contributed by atoms with Gasteiger partial charge < -0.3 is 11.1 Å². The molecule has 3 N–H and O–H groups in total. The van der Waals surface area contributed by atoms with Crippen molar-refractivity contribution < 1.29 is 0 Å². The third-order valence-corrected chi connectivity index (χ3v) is 2.94. The van der Waals surface area contributed by atoms with Crippen LogP contribution in [0.2, 0.25) is 0 Å². The molecule has 0 aliphatic rings. The van der Waals surface area contributed by atoms with Gasteiger partial charge in [0.2, 0.25) is 11.9 Å². The average Bonchev–Trinajstić information content (AvgIpc) is 2.32. The van der Waals surface area contributed by atoms with Crippen LogP contribution in [0.25, 0.3) is 0 Å². The van der Waals surface area contributed by atoms with Gasteiger partial charge in [0.25, 0.3) is 0 Å². The molecule has 0 amide bonds. The molecule has 0 atom stereocenters. The summed E-state index contributed by atoms with van der Waals surface area (Å²) in [5.74, 6) is 1.60. The highest BCUT2D eigenvalue weighted by Crippen LogP contribution is 2.18. The van der Waals surface area contributed by atoms with E-state index in [2.05, 4.69) is 20.3 Å². The van der Waals surface area contributed by atoms with E-state index in [1.54, 1.807) is 0 Å². The zero-order valence-electron chi connectivity index (χ0n) is 10.3. The minimum absolute atomic E-state index is 0.232. The molecule has 0 bridgehead atoms. The van der Waals surface area contributed by atoms with Crippen molar-refractivity contribution in [1.82, 2.24) is 15.0 Å². The molecular weight excluding hydrogens is 246 g/mol. The summed E-state index contributed by atoms with van der Waals surface area (Å²) in [6.07, 6.45) is 0. The summed E-state index contributed by atoms with van der Waals surface area (Å²) >= 11 is 1.53. The molecule has 6 heteroatoms. The van der Waals surface area contributed by atoms with Crippen LogP contribution in [0.4, 0.5) is 17.6 Å². The van der Waals surface area contributed by atoms with Gasteiger partial charge in [-0.15, -0.1) is 0 Å². The third kappa shape index (κ3) is 3.33. The Kier molecular flexibility index (Phi) is 3.99. The predicted molar refractivity (Wildman–Crippen MR) is 75.1 cm³/mol. The topological polar surface area (TPSA) is 76.7 Å². The molecule has 5 nitrogen and oxygen atoms in total. The van der Waals surface area contributed by atoms with Crippen LogP contribution in [0.5, 0.6) is 0 Å². The second-order valence-electron chi connectivity index (χ2n) is 3.72. The molecule has 1 heterocycles. The number of nitrogens with one attached hydrogen (secondary N) is 1. The monoisotopic (exact) mass is 261 g/mol. The first kappa shape index (κ1) is 12.6. The van der Waals surface area contributed by atoms with E-state index in [1.807, 2.05) is 38.1 Å². The average molecular weight is 261 g/mol. The molecule has 0 saturated carbocycles. The Labute approximate surface area is 110 Å². The van der Waals surface area contributed by atoms with E-state index in [0.29, 0.717) is 11.1 Å². The van der Waals surface area contributed by atoms with Crippen LogP contribution in [0.15, 0.2) is 29.4 Å². The minimum atomic E-state index is 0.232. The number of anilines is 3. The smallest absolute Gasteiger partial charge is 0.233 e. The second-order valence-corrected chi connectivity index (χ2v) is 4.96. The molecule has 0 radical (unpaired) electrons. The molecule has 0 unspecified atom stereocenters. The van der Waals surface area contributed by atoms with Crippen molar-refractivity contribution in [3.05, 3.63) is 29.8 Å². The minimum Gasteiger partial charge on any atom is -0.368 e. The van der Waals surface area contributed by atoms with Crippen LogP contribution in [0.1, 0.15) is 12.5 Å². The Morgan fingerprint density at radius 2 is 1.89 bits per heavy atom. The van der Waals surface area contributed by atoms with Gasteiger partial charge in [-0.3, -0.25) is 0 Å². The quantitative estimate of drug-likeness (QED) is 0.824. The van der Waals surface area contributed by atoms with E-state index in [0.717, 1.165) is 11.4 Å². The highest BCUT2D eigenvalue weighted by Gasteiger charge is 2.04. The molecule has 0 saturated heterocycles. The normalized spacial score (nSPS) is 10.3. The fourth-order valence-corrected chi connectivity index (χ4v) is 1.95. The van der Waals surface area contributed by atoms with Crippen LogP contribution in [-0.2, 0) is 0 Å². The van der Waals surface area contributed by atoms with Crippen LogP contribution >= 0.6 is 11.8 Å². The van der Waals surface area contributed by atoms with Crippen molar-refractivity contribution in [3.8, 4) is 0 Å². The highest BCUT2D eigenvalue weighted by atomic mass is 32.2. The number of nitrogen functional groups attached to an aromatic ring is 1. The maximum atomic E-state index is 5.65. The Balaban J connectivity index is 2.20. The van der Waals surface area contributed by atoms with Crippen molar-refractivity contribution >= 4 is 29.3 Å². The molecule has 2 aromatic rings. The Morgan fingerprint density at radius 1 is 1.17 bits per heavy atom. The fourth-order valence-electron chi connectivity index (χ4n) is 1.39. The summed E-state index contributed by atoms with van der Waals surface area (Å²) in [4.78, 5) is 12.4. The standard InChI is InChI=1S/C12H15N5S/c1-3-18-12-16-10(13)15-11(17-12)14-9-6-4-8(2)5-7-9/h4-7H,3H2,1-2H3,(H3,13,14,15,16,17). The molecule has 0 aliphatic heterocycles. The lowest BCUT2D eigenvalue weighted by molar-refractivity contribution is 0.925. The Morgan fingerprint density at radius 3 is 2.56 bits per heavy atom. The van der Waals surface area contributed by atoms with Crippen molar-refractivity contribution in [1.29, 1.82) is 0 Å². The van der Waals surface area contributed by atoms with Crippen LogP contribution in [0, 0.1) is 6.92 Å². The number of hydrogen-bond donors (Lipinski definition) is 2. The summed E-state index contributed by atoms with van der Waals surface area (Å²) in [5.41, 5.74) is 7.79. The number of aromatic nitrogens is 3. The summed E-state index contributed by atoms with van der Waals surface area (Å²) in [6, 6.07) is 7.99. The fraction of sp³-hybridized carbons (Fsp3) is 0.250. The third-order valence-electron chi connectivity index (χ3n) is 2.21. The summed E-state index contributed by atoms with van der Waals surface area (Å²) in [5, 5.41) is 3.75. The van der Waals surface area contributed by atoms with E-state index < -0.39 is 0 Å². The summed E-state index contributed by atoms with van der Waals surface area (Å²) < 4.78 is 0. The molecule has 18 heavy (non-hydrogen) atoms. The first-order chi connectivity index (χ1) is 8.67.